The van der Waals surface area contributed by atoms with Gasteiger partial charge in [-0.25, -0.2) is 19.6 Å². The maximum atomic E-state index is 13.7. The molecule has 0 fully saturated rings. The van der Waals surface area contributed by atoms with Gasteiger partial charge in [0.25, 0.3) is 0 Å². The van der Waals surface area contributed by atoms with Crippen molar-refractivity contribution in [3.05, 3.63) is 86.8 Å². The zero-order valence-electron chi connectivity index (χ0n) is 20.7. The first kappa shape index (κ1) is 27.4. The van der Waals surface area contributed by atoms with Gasteiger partial charge in [-0.05, 0) is 59.4 Å². The number of nitrogens with zero attached hydrogens (tertiary/aromatic N) is 2. The van der Waals surface area contributed by atoms with Crippen LogP contribution in [0.2, 0.25) is 0 Å². The molecule has 4 N–H and O–H groups in total. The number of ether oxygens (including phenoxy) is 1. The minimum atomic E-state index is -0.758. The maximum Gasteiger partial charge on any atom is 0.347 e. The number of anilines is 1. The minimum Gasteiger partial charge on any atom is -0.465 e. The topological polar surface area (TPSA) is 149 Å². The average molecular weight is 510 g/mol. The van der Waals surface area contributed by atoms with Crippen LogP contribution in [0.25, 0.3) is 22.4 Å². The van der Waals surface area contributed by atoms with Gasteiger partial charge in [-0.2, -0.15) is 4.39 Å². The van der Waals surface area contributed by atoms with Crippen molar-refractivity contribution in [1.82, 2.24) is 9.97 Å². The van der Waals surface area contributed by atoms with E-state index in [1.807, 2.05) is 13.8 Å². The highest BCUT2D eigenvalue weighted by Crippen LogP contribution is 2.24. The van der Waals surface area contributed by atoms with E-state index in [9.17, 15) is 19.1 Å². The molecule has 10 heteroatoms. The van der Waals surface area contributed by atoms with Crippen molar-refractivity contribution < 1.29 is 28.6 Å². The number of halogens is 1. The van der Waals surface area contributed by atoms with Gasteiger partial charge in [-0.15, -0.1) is 0 Å². The van der Waals surface area contributed by atoms with Gasteiger partial charge in [0.1, 0.15) is 0 Å². The molecule has 0 amide bonds. The summed E-state index contributed by atoms with van der Waals surface area (Å²) in [6.45, 7) is 3.56. The van der Waals surface area contributed by atoms with Crippen LogP contribution in [0, 0.1) is 5.95 Å². The Balaban J connectivity index is 0.000000222. The van der Waals surface area contributed by atoms with Crippen LogP contribution in [-0.2, 0) is 30.8 Å². The monoisotopic (exact) mass is 509 g/mol. The maximum absolute atomic E-state index is 13.7. The van der Waals surface area contributed by atoms with Gasteiger partial charge in [0.2, 0.25) is 11.8 Å². The molecule has 2 aromatic heterocycles. The van der Waals surface area contributed by atoms with Gasteiger partial charge < -0.3 is 25.1 Å². The normalized spacial score (nSPS) is 10.6. The number of aryl methyl sites for hydroxylation is 2. The first-order valence-electron chi connectivity index (χ1n) is 11.6. The number of aliphatic hydroxyl groups is 2. The van der Waals surface area contributed by atoms with Crippen LogP contribution in [0.3, 0.4) is 0 Å². The molecule has 2 heterocycles. The number of nitrogen functional groups attached to an aromatic ring is 1. The Kier molecular flexibility index (Phi) is 9.05. The first-order valence-corrected chi connectivity index (χ1v) is 11.6. The predicted octanol–water partition coefficient (Wildman–Crippen LogP) is 3.55. The summed E-state index contributed by atoms with van der Waals surface area (Å²) in [5.41, 5.74) is 9.18. The van der Waals surface area contributed by atoms with Crippen molar-refractivity contribution in [2.24, 2.45) is 0 Å². The lowest BCUT2D eigenvalue weighted by Crippen LogP contribution is -2.10. The SMILES string of the molecule is CCc1cc(CO)cc(N)c1C(=O)OC.CCc1cc(CO)cc2nc(-c3cccnc3F)oc(=O)c12. The quantitative estimate of drug-likeness (QED) is 0.201. The lowest BCUT2D eigenvalue weighted by atomic mass is 10.00. The van der Waals surface area contributed by atoms with Crippen LogP contribution in [0.1, 0.15) is 46.5 Å². The van der Waals surface area contributed by atoms with Crippen LogP contribution in [0.4, 0.5) is 10.1 Å². The van der Waals surface area contributed by atoms with Crippen LogP contribution in [-0.4, -0.2) is 33.3 Å². The Morgan fingerprint density at radius 3 is 2.32 bits per heavy atom. The van der Waals surface area contributed by atoms with Gasteiger partial charge in [0.05, 0.1) is 42.4 Å². The predicted molar refractivity (Wildman–Crippen MR) is 136 cm³/mol. The van der Waals surface area contributed by atoms with Crippen LogP contribution < -0.4 is 11.4 Å². The molecule has 0 saturated carbocycles. The highest BCUT2D eigenvalue weighted by atomic mass is 19.1. The Labute approximate surface area is 212 Å². The molecule has 0 aliphatic rings. The number of carbonyl (C=O) groups is 1. The van der Waals surface area contributed by atoms with Crippen molar-refractivity contribution in [3.8, 4) is 11.5 Å². The molecular formula is C27H28FN3O6. The summed E-state index contributed by atoms with van der Waals surface area (Å²) in [5, 5.41) is 18.7. The summed E-state index contributed by atoms with van der Waals surface area (Å²) in [6, 6.07) is 9.67. The number of hydrogen-bond donors (Lipinski definition) is 3. The molecule has 37 heavy (non-hydrogen) atoms. The van der Waals surface area contributed by atoms with E-state index < -0.39 is 17.5 Å². The zero-order valence-corrected chi connectivity index (χ0v) is 20.7. The molecule has 0 unspecified atom stereocenters. The Hall–Kier alpha value is -4.15. The summed E-state index contributed by atoms with van der Waals surface area (Å²) in [7, 11) is 1.32. The summed E-state index contributed by atoms with van der Waals surface area (Å²) < 4.78 is 23.6. The standard InChI is InChI=1S/C16H13FN2O3.C11H15NO3/c1-2-10-6-9(8-20)7-12-13(10)16(21)22-15(19-12)11-4-3-5-18-14(11)17;1-3-8-4-7(6-13)5-9(12)10(8)11(14)15-2/h3-7,20H,2,8H2,1H3;4-5,13H,3,6,12H2,1-2H3. The summed E-state index contributed by atoms with van der Waals surface area (Å²) in [6.07, 6.45) is 2.57. The first-order chi connectivity index (χ1) is 17.8. The average Bonchev–Trinajstić information content (AvgIpc) is 2.91. The molecule has 0 saturated heterocycles. The highest BCUT2D eigenvalue weighted by molar-refractivity contribution is 5.96. The number of nitrogens with two attached hydrogens (primary N) is 1. The van der Waals surface area contributed by atoms with Gasteiger partial charge >= 0.3 is 11.6 Å². The van der Waals surface area contributed by atoms with Crippen molar-refractivity contribution >= 4 is 22.6 Å². The highest BCUT2D eigenvalue weighted by Gasteiger charge is 2.17. The van der Waals surface area contributed by atoms with E-state index >= 15 is 0 Å². The van der Waals surface area contributed by atoms with E-state index in [0.29, 0.717) is 46.1 Å². The fourth-order valence-electron chi connectivity index (χ4n) is 3.89. The summed E-state index contributed by atoms with van der Waals surface area (Å²) in [4.78, 5) is 31.5. The van der Waals surface area contributed by atoms with E-state index in [1.54, 1.807) is 24.3 Å². The minimum absolute atomic E-state index is 0.0222. The smallest absolute Gasteiger partial charge is 0.347 e. The third-order valence-corrected chi connectivity index (χ3v) is 5.69. The van der Waals surface area contributed by atoms with E-state index in [1.165, 1.54) is 25.4 Å². The Morgan fingerprint density at radius 2 is 1.73 bits per heavy atom. The summed E-state index contributed by atoms with van der Waals surface area (Å²) >= 11 is 0. The van der Waals surface area contributed by atoms with E-state index in [0.717, 1.165) is 11.1 Å². The van der Waals surface area contributed by atoms with Crippen LogP contribution in [0.15, 0.2) is 51.8 Å². The van der Waals surface area contributed by atoms with Crippen molar-refractivity contribution in [3.63, 3.8) is 0 Å². The molecule has 4 aromatic rings. The Morgan fingerprint density at radius 1 is 1.08 bits per heavy atom. The number of esters is 1. The number of hydrogen-bond acceptors (Lipinski definition) is 9. The van der Waals surface area contributed by atoms with Crippen molar-refractivity contribution in [1.29, 1.82) is 0 Å². The number of rotatable bonds is 6. The molecule has 0 bridgehead atoms. The Bertz CT molecular complexity index is 1490. The fourth-order valence-corrected chi connectivity index (χ4v) is 3.89. The molecule has 4 rings (SSSR count). The van der Waals surface area contributed by atoms with Gasteiger partial charge in [-0.3, -0.25) is 0 Å². The number of pyridine rings is 1. The third-order valence-electron chi connectivity index (χ3n) is 5.69. The number of aromatic nitrogens is 2. The van der Waals surface area contributed by atoms with E-state index in [4.69, 9.17) is 15.3 Å². The van der Waals surface area contributed by atoms with Crippen LogP contribution in [0.5, 0.6) is 0 Å². The van der Waals surface area contributed by atoms with Gasteiger partial charge in [0.15, 0.2) is 0 Å². The molecule has 0 aliphatic carbocycles. The molecule has 0 spiro atoms. The fraction of sp³-hybridized carbons (Fsp3) is 0.259. The zero-order chi connectivity index (χ0) is 27.1. The molecule has 9 nitrogen and oxygen atoms in total. The lowest BCUT2D eigenvalue weighted by molar-refractivity contribution is 0.0600. The number of aliphatic hydroxyl groups excluding tert-OH is 2. The molecular weight excluding hydrogens is 481 g/mol. The number of carbonyl (C=O) groups excluding carboxylic acids is 1. The second kappa shape index (κ2) is 12.2. The molecule has 0 atom stereocenters. The van der Waals surface area contributed by atoms with Crippen molar-refractivity contribution in [2.45, 2.75) is 39.9 Å². The second-order valence-corrected chi connectivity index (χ2v) is 8.03. The van der Waals surface area contributed by atoms with Crippen molar-refractivity contribution in [2.75, 3.05) is 12.8 Å². The van der Waals surface area contributed by atoms with E-state index in [-0.39, 0.29) is 24.7 Å². The van der Waals surface area contributed by atoms with Gasteiger partial charge in [-0.1, -0.05) is 26.0 Å². The largest absolute Gasteiger partial charge is 0.465 e. The van der Waals surface area contributed by atoms with Crippen LogP contribution >= 0.6 is 0 Å². The molecule has 2 aromatic carbocycles. The molecule has 0 aliphatic heterocycles. The number of fused-ring (bicyclic) bond motifs is 1. The molecule has 194 valence electrons. The lowest BCUT2D eigenvalue weighted by Gasteiger charge is -2.11. The third kappa shape index (κ3) is 5.99. The number of methoxy groups -OCH3 is 1. The number of benzene rings is 2. The van der Waals surface area contributed by atoms with E-state index in [2.05, 4.69) is 14.7 Å². The molecule has 0 radical (unpaired) electrons. The van der Waals surface area contributed by atoms with Gasteiger partial charge in [0, 0.05) is 11.9 Å². The second-order valence-electron chi connectivity index (χ2n) is 8.03. The summed E-state index contributed by atoms with van der Waals surface area (Å²) in [5.74, 6) is -1.32.